The molecule has 0 unspecified atom stereocenters. The molecule has 1 aliphatic carbocycles. The van der Waals surface area contributed by atoms with Crippen molar-refractivity contribution in [3.63, 3.8) is 0 Å². The minimum absolute atomic E-state index is 0.0510. The highest BCUT2D eigenvalue weighted by Crippen LogP contribution is 2.49. The van der Waals surface area contributed by atoms with Crippen molar-refractivity contribution in [1.29, 1.82) is 0 Å². The van der Waals surface area contributed by atoms with E-state index in [2.05, 4.69) is 22.4 Å². The van der Waals surface area contributed by atoms with Crippen molar-refractivity contribution in [3.8, 4) is 0 Å². The minimum atomic E-state index is -1.08. The molecule has 1 N–H and O–H groups in total. The van der Waals surface area contributed by atoms with Gasteiger partial charge in [0.05, 0.1) is 13.4 Å². The molecule has 1 saturated carbocycles. The molecule has 0 amide bonds. The Morgan fingerprint density at radius 1 is 1.09 bits per heavy atom. The van der Waals surface area contributed by atoms with Gasteiger partial charge in [-0.15, -0.1) is 0 Å². The number of ether oxygens (including phenoxy) is 1. The van der Waals surface area contributed by atoms with Crippen LogP contribution in [0.15, 0.2) is 71.2 Å². The maximum Gasteiger partial charge on any atom is 0.339 e. The SMILES string of the molecule is CO/C=C(/C(=O)O)c1ccccc1CON=C(C(=NOC)[C@@H]1C[C@H]1c1ccccc1)C(C)C. The zero-order chi connectivity index (χ0) is 23.8. The van der Waals surface area contributed by atoms with E-state index >= 15 is 0 Å². The first-order valence-electron chi connectivity index (χ1n) is 10.9. The molecule has 0 heterocycles. The second-order valence-corrected chi connectivity index (χ2v) is 8.15. The molecule has 7 nitrogen and oxygen atoms in total. The smallest absolute Gasteiger partial charge is 0.339 e. The molecule has 7 heteroatoms. The molecule has 33 heavy (non-hydrogen) atoms. The van der Waals surface area contributed by atoms with Crippen LogP contribution < -0.4 is 0 Å². The molecule has 2 aromatic rings. The summed E-state index contributed by atoms with van der Waals surface area (Å²) in [6.07, 6.45) is 2.19. The molecule has 2 atom stereocenters. The third-order valence-corrected chi connectivity index (χ3v) is 5.52. The van der Waals surface area contributed by atoms with Gasteiger partial charge in [0, 0.05) is 17.4 Å². The molecule has 1 fully saturated rings. The lowest BCUT2D eigenvalue weighted by molar-refractivity contribution is -0.130. The summed E-state index contributed by atoms with van der Waals surface area (Å²) < 4.78 is 4.95. The van der Waals surface area contributed by atoms with Gasteiger partial charge in [0.1, 0.15) is 30.7 Å². The molecule has 0 aliphatic heterocycles. The summed E-state index contributed by atoms with van der Waals surface area (Å²) >= 11 is 0. The first-order chi connectivity index (χ1) is 16.0. The zero-order valence-corrected chi connectivity index (χ0v) is 19.4. The number of oxime groups is 2. The van der Waals surface area contributed by atoms with E-state index in [9.17, 15) is 9.90 Å². The Morgan fingerprint density at radius 2 is 1.79 bits per heavy atom. The van der Waals surface area contributed by atoms with E-state index in [4.69, 9.17) is 14.4 Å². The van der Waals surface area contributed by atoms with Gasteiger partial charge in [-0.2, -0.15) is 0 Å². The second-order valence-electron chi connectivity index (χ2n) is 8.15. The average Bonchev–Trinajstić information content (AvgIpc) is 3.60. The highest BCUT2D eigenvalue weighted by molar-refractivity contribution is 6.44. The van der Waals surface area contributed by atoms with Gasteiger partial charge in [0.2, 0.25) is 0 Å². The van der Waals surface area contributed by atoms with Crippen molar-refractivity contribution in [2.45, 2.75) is 32.8 Å². The second kappa shape index (κ2) is 11.3. The lowest BCUT2D eigenvalue weighted by Crippen LogP contribution is -2.23. The number of methoxy groups -OCH3 is 1. The Morgan fingerprint density at radius 3 is 2.42 bits per heavy atom. The van der Waals surface area contributed by atoms with Crippen LogP contribution >= 0.6 is 0 Å². The Labute approximate surface area is 194 Å². The Kier molecular flexibility index (Phi) is 8.24. The number of carboxylic acids is 1. The van der Waals surface area contributed by atoms with E-state index in [1.54, 1.807) is 12.1 Å². The van der Waals surface area contributed by atoms with Gasteiger partial charge in [0.15, 0.2) is 0 Å². The van der Waals surface area contributed by atoms with Crippen LogP contribution in [0.5, 0.6) is 0 Å². The molecule has 0 bridgehead atoms. The van der Waals surface area contributed by atoms with Crippen molar-refractivity contribution in [2.75, 3.05) is 14.2 Å². The van der Waals surface area contributed by atoms with Gasteiger partial charge in [-0.3, -0.25) is 0 Å². The molecule has 0 spiro atoms. The Hall–Kier alpha value is -3.61. The highest BCUT2D eigenvalue weighted by atomic mass is 16.6. The number of benzene rings is 2. The van der Waals surface area contributed by atoms with Gasteiger partial charge in [-0.05, 0) is 23.5 Å². The van der Waals surface area contributed by atoms with E-state index in [1.807, 2.05) is 44.2 Å². The number of hydrogen-bond donors (Lipinski definition) is 1. The van der Waals surface area contributed by atoms with Crippen LogP contribution in [0.2, 0.25) is 0 Å². The zero-order valence-electron chi connectivity index (χ0n) is 19.4. The predicted octanol–water partition coefficient (Wildman–Crippen LogP) is 5.09. The van der Waals surface area contributed by atoms with Crippen LogP contribution in [-0.4, -0.2) is 36.7 Å². The summed E-state index contributed by atoms with van der Waals surface area (Å²) in [5.41, 5.74) is 4.05. The molecule has 3 rings (SSSR count). The summed E-state index contributed by atoms with van der Waals surface area (Å²) in [6, 6.07) is 17.5. The average molecular weight is 451 g/mol. The summed E-state index contributed by atoms with van der Waals surface area (Å²) in [4.78, 5) is 22.5. The predicted molar refractivity (Wildman–Crippen MR) is 128 cm³/mol. The first kappa shape index (κ1) is 24.0. The van der Waals surface area contributed by atoms with Crippen LogP contribution in [0.3, 0.4) is 0 Å². The van der Waals surface area contributed by atoms with Crippen molar-refractivity contribution in [3.05, 3.63) is 77.5 Å². The monoisotopic (exact) mass is 450 g/mol. The maximum absolute atomic E-state index is 11.7. The quantitative estimate of drug-likeness (QED) is 0.223. The summed E-state index contributed by atoms with van der Waals surface area (Å²) in [7, 11) is 2.95. The molecule has 0 radical (unpaired) electrons. The summed E-state index contributed by atoms with van der Waals surface area (Å²) in [5, 5.41) is 18.3. The summed E-state index contributed by atoms with van der Waals surface area (Å²) in [5.74, 6) is -0.422. The van der Waals surface area contributed by atoms with Crippen molar-refractivity contribution in [2.24, 2.45) is 22.1 Å². The van der Waals surface area contributed by atoms with E-state index in [-0.39, 0.29) is 24.0 Å². The third kappa shape index (κ3) is 6.00. The summed E-state index contributed by atoms with van der Waals surface area (Å²) in [6.45, 7) is 4.17. The molecule has 0 aromatic heterocycles. The van der Waals surface area contributed by atoms with Crippen molar-refractivity contribution in [1.82, 2.24) is 0 Å². The lowest BCUT2D eigenvalue weighted by atomic mass is 9.98. The molecule has 174 valence electrons. The molecular formula is C26H30N2O5. The van der Waals surface area contributed by atoms with E-state index in [1.165, 1.54) is 26.0 Å². The number of carbonyl (C=O) groups is 1. The van der Waals surface area contributed by atoms with Gasteiger partial charge < -0.3 is 19.5 Å². The van der Waals surface area contributed by atoms with Crippen molar-refractivity contribution >= 4 is 23.0 Å². The van der Waals surface area contributed by atoms with Gasteiger partial charge in [-0.25, -0.2) is 4.79 Å². The fourth-order valence-electron chi connectivity index (χ4n) is 3.84. The van der Waals surface area contributed by atoms with Gasteiger partial charge in [0.25, 0.3) is 0 Å². The Balaban J connectivity index is 1.81. The van der Waals surface area contributed by atoms with Crippen LogP contribution in [0, 0.1) is 11.8 Å². The molecule has 0 saturated heterocycles. The first-order valence-corrected chi connectivity index (χ1v) is 10.9. The molecular weight excluding hydrogens is 420 g/mol. The largest absolute Gasteiger partial charge is 0.503 e. The van der Waals surface area contributed by atoms with E-state index in [0.717, 1.165) is 17.8 Å². The number of carboxylic acid groups (broad SMARTS) is 1. The minimum Gasteiger partial charge on any atom is -0.503 e. The topological polar surface area (TPSA) is 89.7 Å². The van der Waals surface area contributed by atoms with Crippen LogP contribution in [-0.2, 0) is 25.8 Å². The lowest BCUT2D eigenvalue weighted by Gasteiger charge is -2.14. The number of aliphatic carboxylic acids is 1. The normalized spacial score (nSPS) is 18.8. The van der Waals surface area contributed by atoms with Crippen LogP contribution in [0.25, 0.3) is 5.57 Å². The van der Waals surface area contributed by atoms with E-state index in [0.29, 0.717) is 17.0 Å². The van der Waals surface area contributed by atoms with Gasteiger partial charge in [-0.1, -0.05) is 78.8 Å². The molecule has 1 aliphatic rings. The van der Waals surface area contributed by atoms with Gasteiger partial charge >= 0.3 is 5.97 Å². The Bertz CT molecular complexity index is 1040. The molecule has 2 aromatic carbocycles. The van der Waals surface area contributed by atoms with Crippen LogP contribution in [0.1, 0.15) is 42.9 Å². The fourth-order valence-corrected chi connectivity index (χ4v) is 3.84. The van der Waals surface area contributed by atoms with E-state index < -0.39 is 5.97 Å². The maximum atomic E-state index is 11.7. The number of nitrogens with zero attached hydrogens (tertiary/aromatic N) is 2. The highest BCUT2D eigenvalue weighted by Gasteiger charge is 2.44. The number of hydrogen-bond acceptors (Lipinski definition) is 6. The fraction of sp³-hybridized carbons (Fsp3) is 0.346. The standard InChI is InChI=1S/C26H30N2O5/c1-17(2)24(25(27-32-4)22-14-21(22)18-10-6-5-7-11-18)28-33-15-19-12-8-9-13-20(19)23(16-31-3)26(29)30/h5-13,16-17,21-22H,14-15H2,1-4H3,(H,29,30)/b23-16+,27-25?,28-24?/t21-,22+/m0/s1. The van der Waals surface area contributed by atoms with Crippen LogP contribution in [0.4, 0.5) is 0 Å². The number of rotatable bonds is 11. The third-order valence-electron chi connectivity index (χ3n) is 5.52. The van der Waals surface area contributed by atoms with Crippen molar-refractivity contribution < 1.29 is 24.3 Å².